The maximum atomic E-state index is 12.7. The van der Waals surface area contributed by atoms with Crippen LogP contribution in [0.1, 0.15) is 43.2 Å². The average molecular weight is 323 g/mol. The fraction of sp³-hybridized carbons (Fsp3) is 0.611. The summed E-state index contributed by atoms with van der Waals surface area (Å²) in [6.45, 7) is 0. The van der Waals surface area contributed by atoms with Gasteiger partial charge in [0, 0.05) is 25.0 Å². The van der Waals surface area contributed by atoms with E-state index in [0.717, 1.165) is 44.9 Å². The van der Waals surface area contributed by atoms with Crippen molar-refractivity contribution < 1.29 is 4.79 Å². The Labute approximate surface area is 139 Å². The number of carbonyl (C=O) groups is 1. The van der Waals surface area contributed by atoms with Crippen LogP contribution in [0.25, 0.3) is 0 Å². The Morgan fingerprint density at radius 1 is 1.18 bits per heavy atom. The fourth-order valence-corrected chi connectivity index (χ4v) is 3.93. The highest BCUT2D eigenvalue weighted by Crippen LogP contribution is 2.28. The van der Waals surface area contributed by atoms with Crippen molar-refractivity contribution in [1.29, 1.82) is 0 Å². The molecule has 3 atom stereocenters. The molecule has 1 saturated carbocycles. The molecule has 2 N–H and O–H groups in total. The second-order valence-corrected chi connectivity index (χ2v) is 6.74. The first-order valence-electron chi connectivity index (χ1n) is 8.24. The SMILES string of the molecule is CN(C(=O)C1CCCC(N)C1)C1CCc2ccccc2C1.Cl. The van der Waals surface area contributed by atoms with Crippen LogP contribution in [-0.2, 0) is 17.6 Å². The molecule has 0 bridgehead atoms. The van der Waals surface area contributed by atoms with Gasteiger partial charge in [0.25, 0.3) is 0 Å². The van der Waals surface area contributed by atoms with E-state index in [1.54, 1.807) is 0 Å². The molecule has 22 heavy (non-hydrogen) atoms. The third-order valence-electron chi connectivity index (χ3n) is 5.28. The molecule has 2 aliphatic rings. The Morgan fingerprint density at radius 2 is 1.91 bits per heavy atom. The molecule has 0 aliphatic heterocycles. The number of hydrogen-bond acceptors (Lipinski definition) is 2. The number of likely N-dealkylation sites (N-methyl/N-ethyl adjacent to an activating group) is 1. The number of fused-ring (bicyclic) bond motifs is 1. The number of benzene rings is 1. The van der Waals surface area contributed by atoms with Gasteiger partial charge in [-0.1, -0.05) is 30.7 Å². The summed E-state index contributed by atoms with van der Waals surface area (Å²) in [5, 5.41) is 0. The highest BCUT2D eigenvalue weighted by Gasteiger charge is 2.31. The van der Waals surface area contributed by atoms with Gasteiger partial charge in [0.15, 0.2) is 0 Å². The van der Waals surface area contributed by atoms with Crippen LogP contribution in [0.2, 0.25) is 0 Å². The van der Waals surface area contributed by atoms with Crippen molar-refractivity contribution in [2.24, 2.45) is 11.7 Å². The van der Waals surface area contributed by atoms with Crippen molar-refractivity contribution in [3.8, 4) is 0 Å². The lowest BCUT2D eigenvalue weighted by Crippen LogP contribution is -2.45. The molecule has 2 aliphatic carbocycles. The number of aryl methyl sites for hydroxylation is 1. The summed E-state index contributed by atoms with van der Waals surface area (Å²) in [6, 6.07) is 9.20. The molecule has 1 aromatic carbocycles. The summed E-state index contributed by atoms with van der Waals surface area (Å²) >= 11 is 0. The van der Waals surface area contributed by atoms with E-state index in [1.807, 2.05) is 11.9 Å². The lowest BCUT2D eigenvalue weighted by Gasteiger charge is -2.36. The predicted octanol–water partition coefficient (Wildman–Crippen LogP) is 2.94. The van der Waals surface area contributed by atoms with Crippen molar-refractivity contribution in [2.75, 3.05) is 7.05 Å². The van der Waals surface area contributed by atoms with Crippen LogP contribution in [0.5, 0.6) is 0 Å². The van der Waals surface area contributed by atoms with E-state index >= 15 is 0 Å². The van der Waals surface area contributed by atoms with Gasteiger partial charge in [0.05, 0.1) is 0 Å². The molecular weight excluding hydrogens is 296 g/mol. The molecule has 3 rings (SSSR count). The summed E-state index contributed by atoms with van der Waals surface area (Å²) in [4.78, 5) is 14.7. The van der Waals surface area contributed by atoms with Crippen LogP contribution in [-0.4, -0.2) is 29.9 Å². The number of halogens is 1. The second kappa shape index (κ2) is 7.47. The third-order valence-corrected chi connectivity index (χ3v) is 5.28. The molecule has 1 fully saturated rings. The van der Waals surface area contributed by atoms with Crippen LogP contribution in [0.15, 0.2) is 24.3 Å². The molecule has 1 aromatic rings. The van der Waals surface area contributed by atoms with E-state index in [0.29, 0.717) is 11.9 Å². The normalized spacial score (nSPS) is 27.5. The Morgan fingerprint density at radius 3 is 2.64 bits per heavy atom. The minimum absolute atomic E-state index is 0. The molecule has 3 unspecified atom stereocenters. The van der Waals surface area contributed by atoms with Crippen molar-refractivity contribution in [1.82, 2.24) is 4.90 Å². The summed E-state index contributed by atoms with van der Waals surface area (Å²) < 4.78 is 0. The molecular formula is C18H27ClN2O. The zero-order valence-corrected chi connectivity index (χ0v) is 14.1. The number of carbonyl (C=O) groups excluding carboxylic acids is 1. The van der Waals surface area contributed by atoms with Crippen LogP contribution in [0.3, 0.4) is 0 Å². The Hall–Kier alpha value is -1.06. The van der Waals surface area contributed by atoms with E-state index in [9.17, 15) is 4.79 Å². The van der Waals surface area contributed by atoms with Gasteiger partial charge in [-0.2, -0.15) is 0 Å². The maximum absolute atomic E-state index is 12.7. The number of nitrogens with zero attached hydrogens (tertiary/aromatic N) is 1. The lowest BCUT2D eigenvalue weighted by atomic mass is 9.83. The number of amides is 1. The molecule has 4 heteroatoms. The van der Waals surface area contributed by atoms with E-state index < -0.39 is 0 Å². The van der Waals surface area contributed by atoms with E-state index in [1.165, 1.54) is 11.1 Å². The van der Waals surface area contributed by atoms with Crippen molar-refractivity contribution >= 4 is 18.3 Å². The molecule has 0 heterocycles. The quantitative estimate of drug-likeness (QED) is 0.910. The maximum Gasteiger partial charge on any atom is 0.225 e. The van der Waals surface area contributed by atoms with Crippen LogP contribution >= 0.6 is 12.4 Å². The Bertz CT molecular complexity index is 520. The minimum atomic E-state index is 0. The molecule has 0 saturated heterocycles. The summed E-state index contributed by atoms with van der Waals surface area (Å²) in [5.41, 5.74) is 8.90. The molecule has 0 aromatic heterocycles. The molecule has 0 radical (unpaired) electrons. The second-order valence-electron chi connectivity index (χ2n) is 6.74. The fourth-order valence-electron chi connectivity index (χ4n) is 3.93. The zero-order valence-electron chi connectivity index (χ0n) is 13.3. The minimum Gasteiger partial charge on any atom is -0.342 e. The Kier molecular flexibility index (Phi) is 5.87. The molecule has 1 amide bonds. The highest BCUT2D eigenvalue weighted by atomic mass is 35.5. The van der Waals surface area contributed by atoms with Gasteiger partial charge >= 0.3 is 0 Å². The monoisotopic (exact) mass is 322 g/mol. The topological polar surface area (TPSA) is 46.3 Å². The zero-order chi connectivity index (χ0) is 14.8. The number of hydrogen-bond donors (Lipinski definition) is 1. The van der Waals surface area contributed by atoms with Gasteiger partial charge in [-0.05, 0) is 49.7 Å². The smallest absolute Gasteiger partial charge is 0.225 e. The van der Waals surface area contributed by atoms with Gasteiger partial charge < -0.3 is 10.6 Å². The first-order valence-corrected chi connectivity index (χ1v) is 8.24. The molecule has 122 valence electrons. The van der Waals surface area contributed by atoms with Crippen molar-refractivity contribution in [3.63, 3.8) is 0 Å². The van der Waals surface area contributed by atoms with E-state index in [2.05, 4.69) is 24.3 Å². The van der Waals surface area contributed by atoms with Crippen LogP contribution in [0.4, 0.5) is 0 Å². The summed E-state index contributed by atoms with van der Waals surface area (Å²) in [6.07, 6.45) is 7.22. The third kappa shape index (κ3) is 3.64. The van der Waals surface area contributed by atoms with Gasteiger partial charge in [0.1, 0.15) is 0 Å². The Balaban J connectivity index is 0.00000176. The first-order chi connectivity index (χ1) is 10.1. The van der Waals surface area contributed by atoms with Gasteiger partial charge in [-0.3, -0.25) is 4.79 Å². The molecule has 3 nitrogen and oxygen atoms in total. The number of rotatable bonds is 2. The van der Waals surface area contributed by atoms with Gasteiger partial charge in [0.2, 0.25) is 5.91 Å². The molecule has 0 spiro atoms. The summed E-state index contributed by atoms with van der Waals surface area (Å²) in [5.74, 6) is 0.463. The van der Waals surface area contributed by atoms with Gasteiger partial charge in [-0.15, -0.1) is 12.4 Å². The van der Waals surface area contributed by atoms with Crippen molar-refractivity contribution in [3.05, 3.63) is 35.4 Å². The summed E-state index contributed by atoms with van der Waals surface area (Å²) in [7, 11) is 1.99. The highest BCUT2D eigenvalue weighted by molar-refractivity contribution is 5.85. The van der Waals surface area contributed by atoms with E-state index in [4.69, 9.17) is 5.73 Å². The van der Waals surface area contributed by atoms with E-state index in [-0.39, 0.29) is 24.4 Å². The largest absolute Gasteiger partial charge is 0.342 e. The first kappa shape index (κ1) is 17.3. The van der Waals surface area contributed by atoms with Crippen LogP contribution < -0.4 is 5.73 Å². The lowest BCUT2D eigenvalue weighted by molar-refractivity contribution is -0.137. The number of nitrogens with two attached hydrogens (primary N) is 1. The average Bonchev–Trinajstić information content (AvgIpc) is 2.53. The van der Waals surface area contributed by atoms with Crippen LogP contribution in [0, 0.1) is 5.92 Å². The standard InChI is InChI=1S/C18H26N2O.ClH/c1-20(18(21)15-7-4-8-16(19)11-15)17-10-9-13-5-2-3-6-14(13)12-17;/h2-3,5-6,15-17H,4,7-12,19H2,1H3;1H. The predicted molar refractivity (Wildman–Crippen MR) is 92.2 cm³/mol. The van der Waals surface area contributed by atoms with Gasteiger partial charge in [-0.25, -0.2) is 0 Å². The van der Waals surface area contributed by atoms with Crippen molar-refractivity contribution in [2.45, 2.75) is 57.0 Å².